The fourth-order valence-electron chi connectivity index (χ4n) is 3.92. The van der Waals surface area contributed by atoms with Crippen LogP contribution in [0.2, 0.25) is 0 Å². The Hall–Kier alpha value is -0.930. The van der Waals surface area contributed by atoms with Gasteiger partial charge in [0.05, 0.1) is 0 Å². The van der Waals surface area contributed by atoms with Crippen LogP contribution in [-0.2, 0) is 6.42 Å². The molecule has 0 unspecified atom stereocenters. The zero-order chi connectivity index (χ0) is 17.4. The van der Waals surface area contributed by atoms with Gasteiger partial charge in [-0.3, -0.25) is 0 Å². The molecule has 0 radical (unpaired) electrons. The predicted molar refractivity (Wildman–Crippen MR) is 96.6 cm³/mol. The molecule has 136 valence electrons. The van der Waals surface area contributed by atoms with E-state index in [9.17, 15) is 4.39 Å². The van der Waals surface area contributed by atoms with Gasteiger partial charge in [-0.1, -0.05) is 38.3 Å². The Bertz CT molecular complexity index is 477. The zero-order valence-corrected chi connectivity index (χ0v) is 15.0. The maximum atomic E-state index is 14.5. The lowest BCUT2D eigenvalue weighted by Crippen LogP contribution is -2.15. The van der Waals surface area contributed by atoms with E-state index in [1.54, 1.807) is 6.07 Å². The van der Waals surface area contributed by atoms with Crippen LogP contribution in [0.15, 0.2) is 18.2 Å². The number of hydrogen-bond acceptors (Lipinski definition) is 2. The van der Waals surface area contributed by atoms with Gasteiger partial charge in [0, 0.05) is 19.1 Å². The second-order valence-electron chi connectivity index (χ2n) is 7.49. The van der Waals surface area contributed by atoms with Crippen molar-refractivity contribution >= 4 is 0 Å². The molecule has 1 aliphatic rings. The first-order valence-electron chi connectivity index (χ1n) is 9.67. The van der Waals surface area contributed by atoms with Gasteiger partial charge in [0.25, 0.3) is 0 Å². The molecule has 0 spiro atoms. The van der Waals surface area contributed by atoms with E-state index in [4.69, 9.17) is 10.2 Å². The van der Waals surface area contributed by atoms with Crippen molar-refractivity contribution in [3.63, 3.8) is 0 Å². The molecule has 2 rings (SSSR count). The van der Waals surface area contributed by atoms with Crippen LogP contribution in [0.1, 0.15) is 75.3 Å². The van der Waals surface area contributed by atoms with Crippen molar-refractivity contribution in [3.8, 4) is 0 Å². The molecule has 1 saturated carbocycles. The molecular weight excluding hydrogens is 303 g/mol. The Labute approximate surface area is 146 Å². The average molecular weight is 336 g/mol. The van der Waals surface area contributed by atoms with Gasteiger partial charge < -0.3 is 10.2 Å². The normalized spacial score (nSPS) is 21.4. The Morgan fingerprint density at radius 2 is 1.83 bits per heavy atom. The summed E-state index contributed by atoms with van der Waals surface area (Å²) in [6, 6.07) is 5.65. The van der Waals surface area contributed by atoms with Gasteiger partial charge in [-0.25, -0.2) is 4.39 Å². The van der Waals surface area contributed by atoms with E-state index in [2.05, 4.69) is 6.92 Å². The molecule has 0 aromatic heterocycles. The molecule has 2 N–H and O–H groups in total. The van der Waals surface area contributed by atoms with Crippen LogP contribution in [-0.4, -0.2) is 23.4 Å². The van der Waals surface area contributed by atoms with Crippen LogP contribution in [0.4, 0.5) is 4.39 Å². The van der Waals surface area contributed by atoms with Crippen LogP contribution in [0.25, 0.3) is 0 Å². The lowest BCUT2D eigenvalue weighted by molar-refractivity contribution is 0.144. The topological polar surface area (TPSA) is 40.5 Å². The second-order valence-corrected chi connectivity index (χ2v) is 7.49. The smallest absolute Gasteiger partial charge is 0.126 e. The number of aliphatic hydroxyl groups excluding tert-OH is 2. The number of rotatable bonds is 9. The number of benzene rings is 1. The van der Waals surface area contributed by atoms with E-state index in [0.29, 0.717) is 18.8 Å². The van der Waals surface area contributed by atoms with Crippen LogP contribution < -0.4 is 0 Å². The molecule has 24 heavy (non-hydrogen) atoms. The standard InChI is InChI=1S/C21H33FO2/c1-2-3-4-16-7-10-19(11-8-16)20-12-9-17(13-21(20)22)5-6-18(14-23)15-24/h9,12-13,16,18-19,23-24H,2-8,10-11,14-15H2,1H3. The number of halogens is 1. The highest BCUT2D eigenvalue weighted by Gasteiger charge is 2.24. The van der Waals surface area contributed by atoms with Crippen molar-refractivity contribution in [2.24, 2.45) is 11.8 Å². The average Bonchev–Trinajstić information content (AvgIpc) is 2.61. The quantitative estimate of drug-likeness (QED) is 0.678. The highest BCUT2D eigenvalue weighted by Crippen LogP contribution is 2.38. The second kappa shape index (κ2) is 10.1. The molecule has 1 aromatic rings. The maximum absolute atomic E-state index is 14.5. The van der Waals surface area contributed by atoms with Gasteiger partial charge in [0.1, 0.15) is 5.82 Å². The third kappa shape index (κ3) is 5.56. The molecule has 0 atom stereocenters. The summed E-state index contributed by atoms with van der Waals surface area (Å²) in [5.74, 6) is 1.04. The van der Waals surface area contributed by atoms with Gasteiger partial charge in [-0.2, -0.15) is 0 Å². The van der Waals surface area contributed by atoms with Crippen LogP contribution >= 0.6 is 0 Å². The number of aliphatic hydroxyl groups is 2. The fourth-order valence-corrected chi connectivity index (χ4v) is 3.92. The lowest BCUT2D eigenvalue weighted by Gasteiger charge is -2.29. The molecule has 0 saturated heterocycles. The van der Waals surface area contributed by atoms with Crippen molar-refractivity contribution in [2.45, 2.75) is 70.6 Å². The van der Waals surface area contributed by atoms with Gasteiger partial charge in [0.15, 0.2) is 0 Å². The van der Waals surface area contributed by atoms with E-state index >= 15 is 0 Å². The number of unbranched alkanes of at least 4 members (excludes halogenated alkanes) is 1. The first-order chi connectivity index (χ1) is 11.7. The minimum absolute atomic E-state index is 0.0155. The van der Waals surface area contributed by atoms with Gasteiger partial charge >= 0.3 is 0 Å². The minimum Gasteiger partial charge on any atom is -0.396 e. The Balaban J connectivity index is 1.88. The Morgan fingerprint density at radius 3 is 2.42 bits per heavy atom. The molecule has 0 amide bonds. The van der Waals surface area contributed by atoms with Crippen molar-refractivity contribution in [3.05, 3.63) is 35.1 Å². The first-order valence-corrected chi connectivity index (χ1v) is 9.67. The summed E-state index contributed by atoms with van der Waals surface area (Å²) < 4.78 is 14.5. The molecule has 0 aliphatic heterocycles. The van der Waals surface area contributed by atoms with Crippen molar-refractivity contribution in [1.29, 1.82) is 0 Å². The van der Waals surface area contributed by atoms with Crippen molar-refractivity contribution in [2.75, 3.05) is 13.2 Å². The molecule has 1 aliphatic carbocycles. The lowest BCUT2D eigenvalue weighted by atomic mass is 9.77. The summed E-state index contributed by atoms with van der Waals surface area (Å²) >= 11 is 0. The van der Waals surface area contributed by atoms with E-state index in [-0.39, 0.29) is 24.9 Å². The Morgan fingerprint density at radius 1 is 1.12 bits per heavy atom. The summed E-state index contributed by atoms with van der Waals surface area (Å²) in [5, 5.41) is 18.2. The largest absolute Gasteiger partial charge is 0.396 e. The minimum atomic E-state index is -0.105. The predicted octanol–water partition coefficient (Wildman–Crippen LogP) is 4.82. The van der Waals surface area contributed by atoms with E-state index in [1.807, 2.05) is 12.1 Å². The first kappa shape index (κ1) is 19.4. The summed E-state index contributed by atoms with van der Waals surface area (Å²) in [4.78, 5) is 0. The molecule has 2 nitrogen and oxygen atoms in total. The molecular formula is C21H33FO2. The number of hydrogen-bond donors (Lipinski definition) is 2. The molecule has 0 bridgehead atoms. The summed E-state index contributed by atoms with van der Waals surface area (Å²) in [7, 11) is 0. The molecule has 1 aromatic carbocycles. The fraction of sp³-hybridized carbons (Fsp3) is 0.714. The molecule has 0 heterocycles. The monoisotopic (exact) mass is 336 g/mol. The van der Waals surface area contributed by atoms with E-state index < -0.39 is 0 Å². The number of aryl methyl sites for hydroxylation is 1. The van der Waals surface area contributed by atoms with Crippen LogP contribution in [0.5, 0.6) is 0 Å². The molecule has 3 heteroatoms. The van der Waals surface area contributed by atoms with Gasteiger partial charge in [-0.15, -0.1) is 0 Å². The van der Waals surface area contributed by atoms with Crippen LogP contribution in [0, 0.1) is 17.7 Å². The van der Waals surface area contributed by atoms with E-state index in [0.717, 1.165) is 29.9 Å². The van der Waals surface area contributed by atoms with Crippen molar-refractivity contribution < 1.29 is 14.6 Å². The summed E-state index contributed by atoms with van der Waals surface area (Å²) in [6.07, 6.45) is 10.0. The third-order valence-corrected chi connectivity index (χ3v) is 5.68. The maximum Gasteiger partial charge on any atom is 0.126 e. The SMILES string of the molecule is CCCCC1CCC(c2ccc(CCC(CO)CO)cc2F)CC1. The third-order valence-electron chi connectivity index (χ3n) is 5.68. The zero-order valence-electron chi connectivity index (χ0n) is 15.0. The highest BCUT2D eigenvalue weighted by molar-refractivity contribution is 5.28. The van der Waals surface area contributed by atoms with Gasteiger partial charge in [0.2, 0.25) is 0 Å². The summed E-state index contributed by atoms with van der Waals surface area (Å²) in [6.45, 7) is 2.21. The van der Waals surface area contributed by atoms with Gasteiger partial charge in [-0.05, 0) is 67.6 Å². The highest BCUT2D eigenvalue weighted by atomic mass is 19.1. The summed E-state index contributed by atoms with van der Waals surface area (Å²) in [5.41, 5.74) is 1.84. The van der Waals surface area contributed by atoms with E-state index in [1.165, 1.54) is 32.1 Å². The van der Waals surface area contributed by atoms with Crippen LogP contribution in [0.3, 0.4) is 0 Å². The Kier molecular flexibility index (Phi) is 8.20. The van der Waals surface area contributed by atoms with Crippen molar-refractivity contribution in [1.82, 2.24) is 0 Å². The molecule has 1 fully saturated rings.